The minimum absolute atomic E-state index is 0.0589. The fraction of sp³-hybridized carbons (Fsp3) is 0.429. The number of ketones is 1. The third-order valence-electron chi connectivity index (χ3n) is 3.50. The monoisotopic (exact) mass is 244 g/mol. The predicted octanol–water partition coefficient (Wildman–Crippen LogP) is 2.50. The fourth-order valence-corrected chi connectivity index (χ4v) is 2.46. The van der Waals surface area contributed by atoms with E-state index in [0.717, 1.165) is 37.1 Å². The molecule has 0 amide bonds. The molecule has 2 aromatic heterocycles. The Kier molecular flexibility index (Phi) is 2.88. The second-order valence-electron chi connectivity index (χ2n) is 4.81. The number of aromatic nitrogens is 1. The van der Waals surface area contributed by atoms with E-state index in [9.17, 15) is 4.79 Å². The summed E-state index contributed by atoms with van der Waals surface area (Å²) in [6, 6.07) is 5.68. The molecule has 1 aliphatic heterocycles. The van der Waals surface area contributed by atoms with E-state index in [2.05, 4.69) is 10.3 Å². The molecule has 0 atom stereocenters. The van der Waals surface area contributed by atoms with Crippen molar-refractivity contribution in [2.24, 2.45) is 0 Å². The predicted molar refractivity (Wildman–Crippen MR) is 68.9 cm³/mol. The van der Waals surface area contributed by atoms with Crippen molar-refractivity contribution in [3.8, 4) is 0 Å². The second-order valence-corrected chi connectivity index (χ2v) is 4.81. The van der Waals surface area contributed by atoms with Crippen molar-refractivity contribution in [3.05, 3.63) is 29.7 Å². The van der Waals surface area contributed by atoms with Gasteiger partial charge in [0.2, 0.25) is 0 Å². The number of rotatable bonds is 2. The number of fused-ring (bicyclic) bond motifs is 1. The number of furan rings is 1. The van der Waals surface area contributed by atoms with Crippen molar-refractivity contribution in [1.82, 2.24) is 10.3 Å². The maximum absolute atomic E-state index is 11.3. The van der Waals surface area contributed by atoms with Gasteiger partial charge in [-0.25, -0.2) is 4.98 Å². The second kappa shape index (κ2) is 4.53. The molecule has 0 saturated carbocycles. The van der Waals surface area contributed by atoms with E-state index in [1.807, 2.05) is 12.1 Å². The van der Waals surface area contributed by atoms with E-state index < -0.39 is 0 Å². The molecule has 1 fully saturated rings. The Hall–Kier alpha value is -1.68. The number of piperidine rings is 1. The van der Waals surface area contributed by atoms with E-state index in [1.165, 1.54) is 6.92 Å². The quantitative estimate of drug-likeness (QED) is 0.825. The van der Waals surface area contributed by atoms with Crippen molar-refractivity contribution in [2.45, 2.75) is 25.7 Å². The molecule has 3 rings (SSSR count). The SMILES string of the molecule is CC(=O)c1cc2nc(C3CCNCC3)ccc2o1. The van der Waals surface area contributed by atoms with Crippen LogP contribution in [-0.2, 0) is 0 Å². The first-order valence-corrected chi connectivity index (χ1v) is 6.36. The van der Waals surface area contributed by atoms with Gasteiger partial charge in [0.1, 0.15) is 5.52 Å². The lowest BCUT2D eigenvalue weighted by atomic mass is 9.94. The van der Waals surface area contributed by atoms with Crippen molar-refractivity contribution >= 4 is 16.9 Å². The average molecular weight is 244 g/mol. The van der Waals surface area contributed by atoms with Crippen LogP contribution in [0, 0.1) is 0 Å². The fourth-order valence-electron chi connectivity index (χ4n) is 2.46. The third-order valence-corrected chi connectivity index (χ3v) is 3.50. The lowest BCUT2D eigenvalue weighted by molar-refractivity contribution is 0.0989. The van der Waals surface area contributed by atoms with E-state index in [-0.39, 0.29) is 5.78 Å². The average Bonchev–Trinajstić information content (AvgIpc) is 2.82. The van der Waals surface area contributed by atoms with Gasteiger partial charge < -0.3 is 9.73 Å². The first-order valence-electron chi connectivity index (χ1n) is 6.36. The zero-order chi connectivity index (χ0) is 12.5. The van der Waals surface area contributed by atoms with Crippen LogP contribution in [0.4, 0.5) is 0 Å². The molecule has 1 N–H and O–H groups in total. The van der Waals surface area contributed by atoms with Crippen LogP contribution in [0.3, 0.4) is 0 Å². The van der Waals surface area contributed by atoms with Gasteiger partial charge in [0.15, 0.2) is 17.1 Å². The first-order chi connectivity index (χ1) is 8.74. The van der Waals surface area contributed by atoms with Crippen LogP contribution in [0.25, 0.3) is 11.1 Å². The molecule has 0 aromatic carbocycles. The van der Waals surface area contributed by atoms with Crippen molar-refractivity contribution in [2.75, 3.05) is 13.1 Å². The van der Waals surface area contributed by atoms with Crippen LogP contribution in [0.2, 0.25) is 0 Å². The Morgan fingerprint density at radius 3 is 2.89 bits per heavy atom. The number of carbonyl (C=O) groups excluding carboxylic acids is 1. The molecule has 0 unspecified atom stereocenters. The van der Waals surface area contributed by atoms with E-state index in [0.29, 0.717) is 17.3 Å². The third kappa shape index (κ3) is 2.04. The lowest BCUT2D eigenvalue weighted by Crippen LogP contribution is -2.26. The molecule has 0 spiro atoms. The number of hydrogen-bond donors (Lipinski definition) is 1. The highest BCUT2D eigenvalue weighted by atomic mass is 16.3. The summed E-state index contributed by atoms with van der Waals surface area (Å²) in [6.45, 7) is 3.61. The molecule has 4 nitrogen and oxygen atoms in total. The zero-order valence-corrected chi connectivity index (χ0v) is 10.4. The highest BCUT2D eigenvalue weighted by molar-refractivity contribution is 5.95. The summed E-state index contributed by atoms with van der Waals surface area (Å²) >= 11 is 0. The van der Waals surface area contributed by atoms with Gasteiger partial charge in [-0.05, 0) is 38.1 Å². The normalized spacial score (nSPS) is 17.2. The number of carbonyl (C=O) groups is 1. The Labute approximate surface area is 105 Å². The number of nitrogens with one attached hydrogen (secondary N) is 1. The Morgan fingerprint density at radius 2 is 2.17 bits per heavy atom. The maximum atomic E-state index is 11.3. The van der Waals surface area contributed by atoms with Crippen LogP contribution >= 0.6 is 0 Å². The molecular weight excluding hydrogens is 228 g/mol. The largest absolute Gasteiger partial charge is 0.451 e. The van der Waals surface area contributed by atoms with E-state index in [1.54, 1.807) is 6.07 Å². The van der Waals surface area contributed by atoms with Crippen molar-refractivity contribution in [3.63, 3.8) is 0 Å². The zero-order valence-electron chi connectivity index (χ0n) is 10.4. The topological polar surface area (TPSA) is 55.1 Å². The molecule has 0 radical (unpaired) electrons. The van der Waals surface area contributed by atoms with Gasteiger partial charge in [-0.3, -0.25) is 4.79 Å². The van der Waals surface area contributed by atoms with Crippen LogP contribution in [-0.4, -0.2) is 23.9 Å². The summed E-state index contributed by atoms with van der Waals surface area (Å²) < 4.78 is 5.45. The molecular formula is C14H16N2O2. The highest BCUT2D eigenvalue weighted by Gasteiger charge is 2.17. The first kappa shape index (κ1) is 11.4. The standard InChI is InChI=1S/C14H16N2O2/c1-9(17)14-8-12-13(18-14)3-2-11(16-12)10-4-6-15-7-5-10/h2-3,8,10,15H,4-7H2,1H3. The van der Waals surface area contributed by atoms with Gasteiger partial charge in [0.05, 0.1) is 0 Å². The molecule has 94 valence electrons. The van der Waals surface area contributed by atoms with Crippen LogP contribution in [0.5, 0.6) is 0 Å². The summed E-state index contributed by atoms with van der Waals surface area (Å²) in [6.07, 6.45) is 2.24. The van der Waals surface area contributed by atoms with Crippen molar-refractivity contribution < 1.29 is 9.21 Å². The molecule has 1 aliphatic rings. The smallest absolute Gasteiger partial charge is 0.195 e. The maximum Gasteiger partial charge on any atom is 0.195 e. The van der Waals surface area contributed by atoms with Gasteiger partial charge in [-0.2, -0.15) is 0 Å². The van der Waals surface area contributed by atoms with Crippen LogP contribution < -0.4 is 5.32 Å². The molecule has 2 aromatic rings. The highest BCUT2D eigenvalue weighted by Crippen LogP contribution is 2.26. The summed E-state index contributed by atoms with van der Waals surface area (Å²) in [7, 11) is 0. The summed E-state index contributed by atoms with van der Waals surface area (Å²) in [5.74, 6) is 0.850. The van der Waals surface area contributed by atoms with Crippen LogP contribution in [0.15, 0.2) is 22.6 Å². The summed E-state index contributed by atoms with van der Waals surface area (Å²) in [4.78, 5) is 15.9. The molecule has 1 saturated heterocycles. The van der Waals surface area contributed by atoms with E-state index in [4.69, 9.17) is 4.42 Å². The van der Waals surface area contributed by atoms with Gasteiger partial charge in [-0.1, -0.05) is 0 Å². The molecule has 4 heteroatoms. The summed E-state index contributed by atoms with van der Waals surface area (Å²) in [5.41, 5.74) is 2.59. The van der Waals surface area contributed by atoms with Crippen molar-refractivity contribution in [1.29, 1.82) is 0 Å². The minimum Gasteiger partial charge on any atom is -0.451 e. The number of Topliss-reactive ketones (excluding diaryl/α,β-unsaturated/α-hetero) is 1. The molecule has 0 bridgehead atoms. The molecule has 18 heavy (non-hydrogen) atoms. The van der Waals surface area contributed by atoms with Gasteiger partial charge in [0.25, 0.3) is 0 Å². The Morgan fingerprint density at radius 1 is 1.39 bits per heavy atom. The van der Waals surface area contributed by atoms with Gasteiger partial charge >= 0.3 is 0 Å². The number of nitrogens with zero attached hydrogens (tertiary/aromatic N) is 1. The Balaban J connectivity index is 1.96. The lowest BCUT2D eigenvalue weighted by Gasteiger charge is -2.21. The molecule has 3 heterocycles. The number of pyridine rings is 1. The van der Waals surface area contributed by atoms with E-state index >= 15 is 0 Å². The number of hydrogen-bond acceptors (Lipinski definition) is 4. The van der Waals surface area contributed by atoms with Gasteiger partial charge in [-0.15, -0.1) is 0 Å². The molecule has 0 aliphatic carbocycles. The Bertz CT molecular complexity index is 582. The minimum atomic E-state index is -0.0589. The summed E-state index contributed by atoms with van der Waals surface area (Å²) in [5, 5.41) is 3.35. The van der Waals surface area contributed by atoms with Gasteiger partial charge in [0, 0.05) is 24.6 Å². The van der Waals surface area contributed by atoms with Crippen LogP contribution in [0.1, 0.15) is 41.9 Å².